The van der Waals surface area contributed by atoms with Crippen molar-refractivity contribution in [1.82, 2.24) is 10.6 Å². The fourth-order valence-corrected chi connectivity index (χ4v) is 1.31. The van der Waals surface area contributed by atoms with Crippen LogP contribution in [0.5, 0.6) is 0 Å². The highest BCUT2D eigenvalue weighted by Crippen LogP contribution is 2.05. The van der Waals surface area contributed by atoms with Gasteiger partial charge >= 0.3 is 0 Å². The molecule has 0 radical (unpaired) electrons. The molecule has 0 aliphatic heterocycles. The summed E-state index contributed by atoms with van der Waals surface area (Å²) in [5, 5.41) is 5.14. The molecule has 0 aliphatic rings. The molecule has 0 spiro atoms. The molecule has 0 bridgehead atoms. The number of nitrogens with one attached hydrogen (secondary N) is 2. The van der Waals surface area contributed by atoms with Crippen LogP contribution in [0.15, 0.2) is 22.8 Å². The third-order valence-corrected chi connectivity index (χ3v) is 2.23. The van der Waals surface area contributed by atoms with Crippen LogP contribution in [0.2, 0.25) is 0 Å². The Labute approximate surface area is 94.2 Å². The van der Waals surface area contributed by atoms with Gasteiger partial charge in [0.15, 0.2) is 5.76 Å². The summed E-state index contributed by atoms with van der Waals surface area (Å²) in [6.45, 7) is 3.73. The van der Waals surface area contributed by atoms with E-state index in [0.29, 0.717) is 0 Å². The van der Waals surface area contributed by atoms with Gasteiger partial charge in [0, 0.05) is 7.05 Å². The van der Waals surface area contributed by atoms with Gasteiger partial charge < -0.3 is 15.1 Å². The van der Waals surface area contributed by atoms with Crippen LogP contribution in [0.1, 0.15) is 24.4 Å². The number of carbonyl (C=O) groups excluding carboxylic acids is 2. The summed E-state index contributed by atoms with van der Waals surface area (Å²) in [4.78, 5) is 23.2. The van der Waals surface area contributed by atoms with E-state index in [1.54, 1.807) is 12.1 Å². The molecule has 1 aromatic rings. The van der Waals surface area contributed by atoms with Crippen molar-refractivity contribution < 1.29 is 14.0 Å². The van der Waals surface area contributed by atoms with E-state index >= 15 is 0 Å². The molecule has 5 nitrogen and oxygen atoms in total. The number of amides is 2. The number of rotatable bonds is 4. The minimum atomic E-state index is -0.553. The van der Waals surface area contributed by atoms with Crippen molar-refractivity contribution in [2.45, 2.75) is 19.9 Å². The Balaban J connectivity index is 2.69. The Hall–Kier alpha value is -1.78. The zero-order valence-corrected chi connectivity index (χ0v) is 9.61. The Morgan fingerprint density at radius 1 is 1.38 bits per heavy atom. The van der Waals surface area contributed by atoms with Gasteiger partial charge in [-0.2, -0.15) is 0 Å². The van der Waals surface area contributed by atoms with Crippen molar-refractivity contribution in [3.8, 4) is 0 Å². The monoisotopic (exact) mass is 224 g/mol. The summed E-state index contributed by atoms with van der Waals surface area (Å²) in [5.74, 6) is -0.379. The summed E-state index contributed by atoms with van der Waals surface area (Å²) in [6.07, 6.45) is 1.42. The Morgan fingerprint density at radius 3 is 2.50 bits per heavy atom. The third kappa shape index (κ3) is 2.85. The Morgan fingerprint density at radius 2 is 2.06 bits per heavy atom. The van der Waals surface area contributed by atoms with Gasteiger partial charge in [-0.3, -0.25) is 9.59 Å². The van der Waals surface area contributed by atoms with E-state index in [4.69, 9.17) is 4.42 Å². The molecular weight excluding hydrogens is 208 g/mol. The standard InChI is InChI=1S/C11H16N2O3/c1-7(2)9(11(15)12-3)13-10(14)8-5-4-6-16-8/h4-7,9H,1-3H3,(H,12,15)(H,13,14)/t9-/m0/s1. The number of carbonyl (C=O) groups is 2. The lowest BCUT2D eigenvalue weighted by atomic mass is 10.0. The minimum absolute atomic E-state index is 0.0128. The molecule has 16 heavy (non-hydrogen) atoms. The molecule has 0 unspecified atom stereocenters. The average Bonchev–Trinajstić information content (AvgIpc) is 2.77. The predicted molar refractivity (Wildman–Crippen MR) is 58.9 cm³/mol. The fraction of sp³-hybridized carbons (Fsp3) is 0.455. The lowest BCUT2D eigenvalue weighted by molar-refractivity contribution is -0.123. The number of likely N-dealkylation sites (N-methyl/N-ethyl adjacent to an activating group) is 1. The first-order valence-electron chi connectivity index (χ1n) is 5.12. The topological polar surface area (TPSA) is 71.3 Å². The lowest BCUT2D eigenvalue weighted by Gasteiger charge is -2.19. The van der Waals surface area contributed by atoms with E-state index in [-0.39, 0.29) is 23.5 Å². The first kappa shape index (κ1) is 12.3. The fourth-order valence-electron chi connectivity index (χ4n) is 1.31. The minimum Gasteiger partial charge on any atom is -0.459 e. The van der Waals surface area contributed by atoms with Crippen molar-refractivity contribution in [3.05, 3.63) is 24.2 Å². The van der Waals surface area contributed by atoms with Crippen LogP contribution < -0.4 is 10.6 Å². The summed E-state index contributed by atoms with van der Waals surface area (Å²) in [5.41, 5.74) is 0. The molecule has 0 aromatic carbocycles. The number of hydrogen-bond acceptors (Lipinski definition) is 3. The quantitative estimate of drug-likeness (QED) is 0.794. The van der Waals surface area contributed by atoms with Crippen LogP contribution in [-0.4, -0.2) is 24.9 Å². The van der Waals surface area contributed by atoms with Gasteiger partial charge in [-0.25, -0.2) is 0 Å². The zero-order chi connectivity index (χ0) is 12.1. The van der Waals surface area contributed by atoms with Gasteiger partial charge in [-0.05, 0) is 18.1 Å². The first-order valence-corrected chi connectivity index (χ1v) is 5.12. The molecule has 88 valence electrons. The van der Waals surface area contributed by atoms with Gasteiger partial charge in [0.2, 0.25) is 5.91 Å². The highest BCUT2D eigenvalue weighted by Gasteiger charge is 2.24. The Kier molecular flexibility index (Phi) is 4.10. The normalized spacial score (nSPS) is 12.2. The van der Waals surface area contributed by atoms with Crippen LogP contribution in [0.3, 0.4) is 0 Å². The second kappa shape index (κ2) is 5.34. The SMILES string of the molecule is CNC(=O)[C@@H](NC(=O)c1ccco1)C(C)C. The predicted octanol–water partition coefficient (Wildman–Crippen LogP) is 0.780. The summed E-state index contributed by atoms with van der Waals surface area (Å²) >= 11 is 0. The van der Waals surface area contributed by atoms with Crippen molar-refractivity contribution >= 4 is 11.8 Å². The smallest absolute Gasteiger partial charge is 0.287 e. The van der Waals surface area contributed by atoms with E-state index in [2.05, 4.69) is 10.6 Å². The van der Waals surface area contributed by atoms with Crippen LogP contribution in [0, 0.1) is 5.92 Å². The van der Waals surface area contributed by atoms with E-state index in [0.717, 1.165) is 0 Å². The molecule has 1 heterocycles. The highest BCUT2D eigenvalue weighted by atomic mass is 16.3. The van der Waals surface area contributed by atoms with Crippen molar-refractivity contribution in [3.63, 3.8) is 0 Å². The summed E-state index contributed by atoms with van der Waals surface area (Å²) < 4.78 is 4.95. The largest absolute Gasteiger partial charge is 0.459 e. The molecule has 1 atom stereocenters. The second-order valence-corrected chi connectivity index (χ2v) is 3.79. The molecule has 0 aliphatic carbocycles. The highest BCUT2D eigenvalue weighted by molar-refractivity contribution is 5.95. The second-order valence-electron chi connectivity index (χ2n) is 3.79. The molecule has 1 aromatic heterocycles. The van der Waals surface area contributed by atoms with E-state index in [1.807, 2.05) is 13.8 Å². The lowest BCUT2D eigenvalue weighted by Crippen LogP contribution is -2.48. The first-order chi connectivity index (χ1) is 7.56. The molecule has 0 saturated heterocycles. The summed E-state index contributed by atoms with van der Waals surface area (Å²) in [6, 6.07) is 2.62. The third-order valence-electron chi connectivity index (χ3n) is 2.23. The number of furan rings is 1. The molecule has 0 fully saturated rings. The van der Waals surface area contributed by atoms with E-state index < -0.39 is 6.04 Å². The zero-order valence-electron chi connectivity index (χ0n) is 9.61. The number of hydrogen-bond donors (Lipinski definition) is 2. The van der Waals surface area contributed by atoms with Crippen LogP contribution in [0.4, 0.5) is 0 Å². The maximum absolute atomic E-state index is 11.7. The summed E-state index contributed by atoms with van der Waals surface area (Å²) in [7, 11) is 1.54. The van der Waals surface area contributed by atoms with Crippen LogP contribution in [-0.2, 0) is 4.79 Å². The molecule has 2 amide bonds. The van der Waals surface area contributed by atoms with Gasteiger partial charge in [0.25, 0.3) is 5.91 Å². The maximum Gasteiger partial charge on any atom is 0.287 e. The molecule has 5 heteroatoms. The van der Waals surface area contributed by atoms with Crippen molar-refractivity contribution in [1.29, 1.82) is 0 Å². The van der Waals surface area contributed by atoms with E-state index in [9.17, 15) is 9.59 Å². The van der Waals surface area contributed by atoms with Gasteiger partial charge in [0.05, 0.1) is 6.26 Å². The Bertz CT molecular complexity index is 357. The van der Waals surface area contributed by atoms with Gasteiger partial charge in [-0.15, -0.1) is 0 Å². The van der Waals surface area contributed by atoms with Crippen LogP contribution >= 0.6 is 0 Å². The van der Waals surface area contributed by atoms with Crippen molar-refractivity contribution in [2.24, 2.45) is 5.92 Å². The van der Waals surface area contributed by atoms with Crippen molar-refractivity contribution in [2.75, 3.05) is 7.05 Å². The van der Waals surface area contributed by atoms with Crippen LogP contribution in [0.25, 0.3) is 0 Å². The molecule has 2 N–H and O–H groups in total. The molecular formula is C11H16N2O3. The molecule has 0 saturated carbocycles. The van der Waals surface area contributed by atoms with Gasteiger partial charge in [0.1, 0.15) is 6.04 Å². The van der Waals surface area contributed by atoms with E-state index in [1.165, 1.54) is 13.3 Å². The molecule has 1 rings (SSSR count). The maximum atomic E-state index is 11.7. The van der Waals surface area contributed by atoms with Gasteiger partial charge in [-0.1, -0.05) is 13.8 Å². The average molecular weight is 224 g/mol.